The van der Waals surface area contributed by atoms with Crippen LogP contribution in [0.5, 0.6) is 0 Å². The van der Waals surface area contributed by atoms with Gasteiger partial charge in [0.05, 0.1) is 6.54 Å². The molecule has 1 aliphatic heterocycles. The van der Waals surface area contributed by atoms with Crippen LogP contribution in [0.15, 0.2) is 18.2 Å². The van der Waals surface area contributed by atoms with Gasteiger partial charge in [-0.1, -0.05) is 12.1 Å². The van der Waals surface area contributed by atoms with E-state index in [2.05, 4.69) is 33.7 Å². The van der Waals surface area contributed by atoms with Gasteiger partial charge in [-0.3, -0.25) is 9.69 Å². The van der Waals surface area contributed by atoms with Crippen LogP contribution >= 0.6 is 24.2 Å². The molecule has 0 spiro atoms. The second-order valence-corrected chi connectivity index (χ2v) is 6.34. The Morgan fingerprint density at radius 2 is 2.05 bits per heavy atom. The van der Waals surface area contributed by atoms with Crippen LogP contribution in [0.1, 0.15) is 11.1 Å². The molecule has 1 saturated heterocycles. The van der Waals surface area contributed by atoms with Crippen LogP contribution in [0.4, 0.5) is 5.69 Å². The number of hydrogen-bond acceptors (Lipinski definition) is 4. The van der Waals surface area contributed by atoms with Gasteiger partial charge in [0.15, 0.2) is 0 Å². The number of nitrogens with zero attached hydrogens (tertiary/aromatic N) is 1. The van der Waals surface area contributed by atoms with Gasteiger partial charge >= 0.3 is 0 Å². The number of nitrogens with one attached hydrogen (secondary N) is 2. The summed E-state index contributed by atoms with van der Waals surface area (Å²) in [6.45, 7) is 5.64. The first-order valence-corrected chi connectivity index (χ1v) is 8.18. The summed E-state index contributed by atoms with van der Waals surface area (Å²) in [5.74, 6) is 2.44. The van der Waals surface area contributed by atoms with Crippen LogP contribution < -0.4 is 10.6 Å². The van der Waals surface area contributed by atoms with Gasteiger partial charge in [0, 0.05) is 36.8 Å². The zero-order chi connectivity index (χ0) is 14.4. The van der Waals surface area contributed by atoms with E-state index in [-0.39, 0.29) is 18.3 Å². The minimum absolute atomic E-state index is 0. The Morgan fingerprint density at radius 1 is 1.33 bits per heavy atom. The molecule has 0 aromatic heterocycles. The van der Waals surface area contributed by atoms with Crippen molar-refractivity contribution in [3.8, 4) is 0 Å². The van der Waals surface area contributed by atoms with Crippen LogP contribution in [-0.4, -0.2) is 49.0 Å². The molecule has 1 heterocycles. The van der Waals surface area contributed by atoms with Crippen molar-refractivity contribution in [3.63, 3.8) is 0 Å². The highest BCUT2D eigenvalue weighted by Crippen LogP contribution is 2.19. The number of thioether (sulfide) groups is 1. The summed E-state index contributed by atoms with van der Waals surface area (Å²) in [4.78, 5) is 14.2. The molecule has 1 aromatic carbocycles. The first-order chi connectivity index (χ1) is 9.69. The van der Waals surface area contributed by atoms with Crippen molar-refractivity contribution in [1.82, 2.24) is 10.2 Å². The lowest BCUT2D eigenvalue weighted by Crippen LogP contribution is -2.32. The number of anilines is 1. The normalized spacial score (nSPS) is 15.3. The second kappa shape index (κ2) is 9.30. The van der Waals surface area contributed by atoms with Crippen molar-refractivity contribution in [2.75, 3.05) is 43.5 Å². The van der Waals surface area contributed by atoms with Gasteiger partial charge < -0.3 is 10.6 Å². The molecule has 0 saturated carbocycles. The maximum atomic E-state index is 11.7. The molecular weight excluding hydrogens is 306 g/mol. The second-order valence-electron chi connectivity index (χ2n) is 5.12. The van der Waals surface area contributed by atoms with Gasteiger partial charge in [-0.2, -0.15) is 11.8 Å². The molecule has 4 nitrogen and oxygen atoms in total. The SMILES string of the molecule is CNCC(=O)Nc1cc(CN2CCSCC2)ccc1C.Cl. The van der Waals surface area contributed by atoms with E-state index in [0.29, 0.717) is 6.54 Å². The summed E-state index contributed by atoms with van der Waals surface area (Å²) in [5.41, 5.74) is 3.30. The van der Waals surface area contributed by atoms with E-state index in [0.717, 1.165) is 30.9 Å². The van der Waals surface area contributed by atoms with Crippen molar-refractivity contribution in [1.29, 1.82) is 0 Å². The molecule has 1 aliphatic rings. The van der Waals surface area contributed by atoms with Crippen LogP contribution in [0.2, 0.25) is 0 Å². The third kappa shape index (κ3) is 5.87. The van der Waals surface area contributed by atoms with Gasteiger partial charge in [0.1, 0.15) is 0 Å². The van der Waals surface area contributed by atoms with E-state index in [9.17, 15) is 4.79 Å². The number of carbonyl (C=O) groups excluding carboxylic acids is 1. The summed E-state index contributed by atoms with van der Waals surface area (Å²) >= 11 is 2.02. The van der Waals surface area contributed by atoms with E-state index in [1.54, 1.807) is 7.05 Å². The van der Waals surface area contributed by atoms with E-state index >= 15 is 0 Å². The number of benzene rings is 1. The van der Waals surface area contributed by atoms with E-state index in [1.165, 1.54) is 17.1 Å². The Bertz CT molecular complexity index is 464. The summed E-state index contributed by atoms with van der Waals surface area (Å²) in [6.07, 6.45) is 0. The van der Waals surface area contributed by atoms with Crippen molar-refractivity contribution in [2.24, 2.45) is 0 Å². The number of hydrogen-bond donors (Lipinski definition) is 2. The summed E-state index contributed by atoms with van der Waals surface area (Å²) < 4.78 is 0. The molecule has 0 bridgehead atoms. The highest BCUT2D eigenvalue weighted by atomic mass is 35.5. The molecule has 1 aromatic rings. The Morgan fingerprint density at radius 3 is 2.71 bits per heavy atom. The number of amides is 1. The number of aryl methyl sites for hydroxylation is 1. The average Bonchev–Trinajstić information content (AvgIpc) is 2.44. The van der Waals surface area contributed by atoms with Gasteiger partial charge in [-0.05, 0) is 31.2 Å². The third-order valence-electron chi connectivity index (χ3n) is 3.42. The minimum Gasteiger partial charge on any atom is -0.325 e. The number of likely N-dealkylation sites (N-methyl/N-ethyl adjacent to an activating group) is 1. The highest BCUT2D eigenvalue weighted by molar-refractivity contribution is 7.99. The lowest BCUT2D eigenvalue weighted by molar-refractivity contribution is -0.115. The summed E-state index contributed by atoms with van der Waals surface area (Å²) in [6, 6.07) is 6.35. The molecule has 118 valence electrons. The van der Waals surface area contributed by atoms with E-state index in [4.69, 9.17) is 0 Å². The van der Waals surface area contributed by atoms with Crippen molar-refractivity contribution < 1.29 is 4.79 Å². The number of rotatable bonds is 5. The van der Waals surface area contributed by atoms with Crippen LogP contribution in [0.25, 0.3) is 0 Å². The summed E-state index contributed by atoms with van der Waals surface area (Å²) in [7, 11) is 1.78. The monoisotopic (exact) mass is 329 g/mol. The Balaban J connectivity index is 0.00000220. The molecule has 2 N–H and O–H groups in total. The van der Waals surface area contributed by atoms with Crippen LogP contribution in [-0.2, 0) is 11.3 Å². The number of halogens is 1. The molecule has 21 heavy (non-hydrogen) atoms. The predicted molar refractivity (Wildman–Crippen MR) is 93.6 cm³/mol. The fourth-order valence-electron chi connectivity index (χ4n) is 2.27. The largest absolute Gasteiger partial charge is 0.325 e. The van der Waals surface area contributed by atoms with Gasteiger partial charge in [-0.15, -0.1) is 12.4 Å². The molecule has 6 heteroatoms. The Kier molecular flexibility index (Phi) is 8.11. The maximum Gasteiger partial charge on any atom is 0.238 e. The smallest absolute Gasteiger partial charge is 0.238 e. The molecule has 0 atom stereocenters. The van der Waals surface area contributed by atoms with Gasteiger partial charge in [0.25, 0.3) is 0 Å². The topological polar surface area (TPSA) is 44.4 Å². The van der Waals surface area contributed by atoms with E-state index in [1.807, 2.05) is 18.7 Å². The molecule has 0 radical (unpaired) electrons. The first-order valence-electron chi connectivity index (χ1n) is 7.03. The predicted octanol–water partition coefficient (Wildman–Crippen LogP) is 2.12. The van der Waals surface area contributed by atoms with Gasteiger partial charge in [-0.25, -0.2) is 0 Å². The van der Waals surface area contributed by atoms with Gasteiger partial charge in [0.2, 0.25) is 5.91 Å². The maximum absolute atomic E-state index is 11.7. The van der Waals surface area contributed by atoms with Crippen LogP contribution in [0, 0.1) is 6.92 Å². The van der Waals surface area contributed by atoms with Crippen molar-refractivity contribution in [3.05, 3.63) is 29.3 Å². The fourth-order valence-corrected chi connectivity index (χ4v) is 3.25. The summed E-state index contributed by atoms with van der Waals surface area (Å²) in [5, 5.41) is 5.83. The van der Waals surface area contributed by atoms with Crippen LogP contribution in [0.3, 0.4) is 0 Å². The Hall–Kier alpha value is -0.750. The molecule has 2 rings (SSSR count). The van der Waals surface area contributed by atoms with Crippen molar-refractivity contribution >= 4 is 35.8 Å². The first kappa shape index (κ1) is 18.3. The quantitative estimate of drug-likeness (QED) is 0.868. The van der Waals surface area contributed by atoms with E-state index < -0.39 is 0 Å². The lowest BCUT2D eigenvalue weighted by atomic mass is 10.1. The van der Waals surface area contributed by atoms with Crippen molar-refractivity contribution in [2.45, 2.75) is 13.5 Å². The Labute approximate surface area is 137 Å². The zero-order valence-corrected chi connectivity index (χ0v) is 14.3. The average molecular weight is 330 g/mol. The fraction of sp³-hybridized carbons (Fsp3) is 0.533. The molecule has 1 amide bonds. The highest BCUT2D eigenvalue weighted by Gasteiger charge is 2.12. The standard InChI is InChI=1S/C15H23N3OS.ClH/c1-12-3-4-13(11-18-5-7-20-8-6-18)9-14(12)17-15(19)10-16-2;/h3-4,9,16H,5-8,10-11H2,1-2H3,(H,17,19);1H. The third-order valence-corrected chi connectivity index (χ3v) is 4.37. The molecule has 1 fully saturated rings. The molecular formula is C15H24ClN3OS. The lowest BCUT2D eigenvalue weighted by Gasteiger charge is -2.26. The zero-order valence-electron chi connectivity index (χ0n) is 12.6. The molecule has 0 aliphatic carbocycles. The molecule has 0 unspecified atom stereocenters. The number of carbonyl (C=O) groups is 1. The minimum atomic E-state index is 0.